The quantitative estimate of drug-likeness (QED) is 0.281. The van der Waals surface area contributed by atoms with Crippen LogP contribution in [-0.4, -0.2) is 75.4 Å². The second-order valence-electron chi connectivity index (χ2n) is 7.28. The third kappa shape index (κ3) is 11.8. The van der Waals surface area contributed by atoms with Crippen LogP contribution in [0.15, 0.2) is 4.99 Å². The van der Waals surface area contributed by atoms with Crippen LogP contribution >= 0.6 is 0 Å². The highest BCUT2D eigenvalue weighted by Crippen LogP contribution is 2.10. The van der Waals surface area contributed by atoms with Crippen LogP contribution in [0.1, 0.15) is 46.5 Å². The number of hydrogen-bond donors (Lipinski definition) is 2. The van der Waals surface area contributed by atoms with Crippen molar-refractivity contribution >= 4 is 11.9 Å². The standard InChI is InChI=1S/C18H36N4O3/c1-18(2,3)25-16(23)8-6-5-7-9-20-17(19-4)21-10-11-22-12-14-24-15-13-22/h5-15H2,1-4H3,(H2,19,20,21). The molecule has 7 nitrogen and oxygen atoms in total. The smallest absolute Gasteiger partial charge is 0.306 e. The van der Waals surface area contributed by atoms with Gasteiger partial charge in [-0.3, -0.25) is 14.7 Å². The maximum atomic E-state index is 11.6. The first-order valence-corrected chi connectivity index (χ1v) is 9.37. The van der Waals surface area contributed by atoms with Crippen molar-refractivity contribution < 1.29 is 14.3 Å². The number of nitrogens with zero attached hydrogens (tertiary/aromatic N) is 2. The van der Waals surface area contributed by atoms with Gasteiger partial charge in [-0.15, -0.1) is 0 Å². The van der Waals surface area contributed by atoms with Crippen LogP contribution in [0.3, 0.4) is 0 Å². The van der Waals surface area contributed by atoms with Crippen molar-refractivity contribution in [3.05, 3.63) is 0 Å². The fourth-order valence-corrected chi connectivity index (χ4v) is 2.55. The first kappa shape index (κ1) is 21.7. The molecule has 0 aliphatic carbocycles. The van der Waals surface area contributed by atoms with E-state index in [0.29, 0.717) is 6.42 Å². The first-order chi connectivity index (χ1) is 11.9. The molecule has 1 fully saturated rings. The molecule has 1 aliphatic heterocycles. The zero-order valence-electron chi connectivity index (χ0n) is 16.4. The molecule has 0 aromatic rings. The molecule has 0 bridgehead atoms. The molecule has 2 N–H and O–H groups in total. The number of carbonyl (C=O) groups is 1. The minimum absolute atomic E-state index is 0.110. The summed E-state index contributed by atoms with van der Waals surface area (Å²) in [5.74, 6) is 0.724. The highest BCUT2D eigenvalue weighted by atomic mass is 16.6. The summed E-state index contributed by atoms with van der Waals surface area (Å²) in [6.07, 6.45) is 3.35. The molecule has 25 heavy (non-hydrogen) atoms. The Hall–Kier alpha value is -1.34. The van der Waals surface area contributed by atoms with E-state index in [0.717, 1.165) is 71.2 Å². The summed E-state index contributed by atoms with van der Waals surface area (Å²) in [6, 6.07) is 0. The van der Waals surface area contributed by atoms with Gasteiger partial charge >= 0.3 is 5.97 Å². The number of hydrogen-bond acceptors (Lipinski definition) is 5. The summed E-state index contributed by atoms with van der Waals surface area (Å²) < 4.78 is 10.6. The molecule has 0 saturated carbocycles. The van der Waals surface area contributed by atoms with Crippen molar-refractivity contribution in [1.29, 1.82) is 0 Å². The summed E-state index contributed by atoms with van der Waals surface area (Å²) >= 11 is 0. The summed E-state index contributed by atoms with van der Waals surface area (Å²) in [5, 5.41) is 6.65. The number of unbranched alkanes of at least 4 members (excludes halogenated alkanes) is 2. The summed E-state index contributed by atoms with van der Waals surface area (Å²) in [6.45, 7) is 12.1. The highest BCUT2D eigenvalue weighted by molar-refractivity contribution is 5.79. The Morgan fingerprint density at radius 3 is 2.44 bits per heavy atom. The van der Waals surface area contributed by atoms with Crippen LogP contribution < -0.4 is 10.6 Å². The van der Waals surface area contributed by atoms with Crippen molar-refractivity contribution in [2.75, 3.05) is 53.0 Å². The van der Waals surface area contributed by atoms with Crippen molar-refractivity contribution in [1.82, 2.24) is 15.5 Å². The monoisotopic (exact) mass is 356 g/mol. The van der Waals surface area contributed by atoms with Crippen LogP contribution in [-0.2, 0) is 14.3 Å². The largest absolute Gasteiger partial charge is 0.460 e. The Labute approximate surface area is 152 Å². The van der Waals surface area contributed by atoms with Crippen LogP contribution in [0, 0.1) is 0 Å². The molecule has 0 aromatic carbocycles. The van der Waals surface area contributed by atoms with Crippen molar-refractivity contribution in [3.8, 4) is 0 Å². The van der Waals surface area contributed by atoms with Gasteiger partial charge in [0.1, 0.15) is 5.60 Å². The lowest BCUT2D eigenvalue weighted by Gasteiger charge is -2.26. The molecule has 0 unspecified atom stereocenters. The van der Waals surface area contributed by atoms with Gasteiger partial charge in [-0.1, -0.05) is 6.42 Å². The van der Waals surface area contributed by atoms with Crippen molar-refractivity contribution in [2.45, 2.75) is 52.1 Å². The van der Waals surface area contributed by atoms with Gasteiger partial charge in [0.15, 0.2) is 5.96 Å². The van der Waals surface area contributed by atoms with E-state index in [4.69, 9.17) is 9.47 Å². The number of ether oxygens (including phenoxy) is 2. The number of guanidine groups is 1. The second-order valence-corrected chi connectivity index (χ2v) is 7.28. The normalized spacial score (nSPS) is 16.6. The minimum Gasteiger partial charge on any atom is -0.460 e. The predicted molar refractivity (Wildman–Crippen MR) is 101 cm³/mol. The van der Waals surface area contributed by atoms with Gasteiger partial charge in [-0.2, -0.15) is 0 Å². The van der Waals surface area contributed by atoms with Crippen LogP contribution in [0.4, 0.5) is 0 Å². The number of esters is 1. The number of carbonyl (C=O) groups excluding carboxylic acids is 1. The molecule has 0 atom stereocenters. The molecule has 1 heterocycles. The van der Waals surface area contributed by atoms with Gasteiger partial charge in [-0.05, 0) is 33.6 Å². The van der Waals surface area contributed by atoms with Gasteiger partial charge in [0.25, 0.3) is 0 Å². The number of aliphatic imine (C=N–C) groups is 1. The van der Waals surface area contributed by atoms with E-state index in [1.165, 1.54) is 0 Å². The number of rotatable bonds is 9. The third-order valence-electron chi connectivity index (χ3n) is 3.82. The maximum absolute atomic E-state index is 11.6. The lowest BCUT2D eigenvalue weighted by molar-refractivity contribution is -0.154. The lowest BCUT2D eigenvalue weighted by Crippen LogP contribution is -2.44. The second kappa shape index (κ2) is 12.1. The zero-order chi connectivity index (χ0) is 18.5. The van der Waals surface area contributed by atoms with E-state index in [1.54, 1.807) is 7.05 Å². The van der Waals surface area contributed by atoms with E-state index in [1.807, 2.05) is 20.8 Å². The Balaban J connectivity index is 2.00. The molecule has 1 saturated heterocycles. The van der Waals surface area contributed by atoms with Gasteiger partial charge < -0.3 is 20.1 Å². The Kier molecular flexibility index (Phi) is 10.5. The fourth-order valence-electron chi connectivity index (χ4n) is 2.55. The molecule has 146 valence electrons. The minimum atomic E-state index is -0.391. The topological polar surface area (TPSA) is 75.2 Å². The molecule has 1 aliphatic rings. The van der Waals surface area contributed by atoms with E-state index >= 15 is 0 Å². The average Bonchev–Trinajstić information content (AvgIpc) is 2.55. The molecule has 0 radical (unpaired) electrons. The highest BCUT2D eigenvalue weighted by Gasteiger charge is 2.15. The van der Waals surface area contributed by atoms with E-state index in [2.05, 4.69) is 20.5 Å². The van der Waals surface area contributed by atoms with Gasteiger partial charge in [0, 0.05) is 46.2 Å². The van der Waals surface area contributed by atoms with Crippen LogP contribution in [0.2, 0.25) is 0 Å². The molecule has 0 amide bonds. The molecule has 0 aromatic heterocycles. The predicted octanol–water partition coefficient (Wildman–Crippen LogP) is 1.39. The Bertz CT molecular complexity index is 402. The molecule has 0 spiro atoms. The Morgan fingerprint density at radius 1 is 1.12 bits per heavy atom. The van der Waals surface area contributed by atoms with E-state index in [-0.39, 0.29) is 5.97 Å². The molecule has 7 heteroatoms. The fraction of sp³-hybridized carbons (Fsp3) is 0.889. The SMILES string of the molecule is CN=C(NCCCCCC(=O)OC(C)(C)C)NCCN1CCOCC1. The van der Waals surface area contributed by atoms with Gasteiger partial charge in [0.2, 0.25) is 0 Å². The van der Waals surface area contributed by atoms with Crippen LogP contribution in [0.25, 0.3) is 0 Å². The summed E-state index contributed by atoms with van der Waals surface area (Å²) in [5.41, 5.74) is -0.391. The molecule has 1 rings (SSSR count). The number of nitrogens with one attached hydrogen (secondary N) is 2. The van der Waals surface area contributed by atoms with E-state index < -0.39 is 5.60 Å². The maximum Gasteiger partial charge on any atom is 0.306 e. The Morgan fingerprint density at radius 2 is 1.80 bits per heavy atom. The summed E-state index contributed by atoms with van der Waals surface area (Å²) in [4.78, 5) is 18.2. The van der Waals surface area contributed by atoms with Crippen LogP contribution in [0.5, 0.6) is 0 Å². The zero-order valence-corrected chi connectivity index (χ0v) is 16.4. The lowest BCUT2D eigenvalue weighted by atomic mass is 10.1. The third-order valence-corrected chi connectivity index (χ3v) is 3.82. The number of morpholine rings is 1. The van der Waals surface area contributed by atoms with E-state index in [9.17, 15) is 4.79 Å². The molecular weight excluding hydrogens is 320 g/mol. The molecular formula is C18H36N4O3. The average molecular weight is 357 g/mol. The van der Waals surface area contributed by atoms with Crippen molar-refractivity contribution in [3.63, 3.8) is 0 Å². The first-order valence-electron chi connectivity index (χ1n) is 9.37. The van der Waals surface area contributed by atoms with Gasteiger partial charge in [-0.25, -0.2) is 0 Å². The van der Waals surface area contributed by atoms with Crippen molar-refractivity contribution in [2.24, 2.45) is 4.99 Å². The summed E-state index contributed by atoms with van der Waals surface area (Å²) in [7, 11) is 1.78. The van der Waals surface area contributed by atoms with Gasteiger partial charge in [0.05, 0.1) is 13.2 Å².